The van der Waals surface area contributed by atoms with Gasteiger partial charge in [-0.1, -0.05) is 0 Å². The van der Waals surface area contributed by atoms with Crippen LogP contribution in [0.4, 0.5) is 0 Å². The average molecular weight is 259 g/mol. The lowest BCUT2D eigenvalue weighted by Gasteiger charge is -2.30. The Hall–Kier alpha value is -0.650. The van der Waals surface area contributed by atoms with Gasteiger partial charge in [-0.25, -0.2) is 0 Å². The SMILES string of the molecule is COCCOC(C)CC(C)(NC1CC1)C(=O)OC. The zero-order valence-electron chi connectivity index (χ0n) is 11.8. The average Bonchev–Trinajstić information content (AvgIpc) is 3.11. The highest BCUT2D eigenvalue weighted by atomic mass is 16.5. The number of nitrogens with one attached hydrogen (secondary N) is 1. The fraction of sp³-hybridized carbons (Fsp3) is 0.923. The molecular formula is C13H25NO4. The van der Waals surface area contributed by atoms with Gasteiger partial charge in [0.05, 0.1) is 26.4 Å². The molecule has 18 heavy (non-hydrogen) atoms. The molecule has 0 aromatic rings. The van der Waals surface area contributed by atoms with Crippen molar-refractivity contribution >= 4 is 5.97 Å². The second kappa shape index (κ2) is 7.07. The predicted octanol–water partition coefficient (Wildman–Crippen LogP) is 1.11. The number of hydrogen-bond acceptors (Lipinski definition) is 5. The Labute approximate surface area is 109 Å². The van der Waals surface area contributed by atoms with Crippen LogP contribution in [0.2, 0.25) is 0 Å². The molecule has 1 rings (SSSR count). The van der Waals surface area contributed by atoms with Crippen LogP contribution in [0.5, 0.6) is 0 Å². The van der Waals surface area contributed by atoms with Crippen LogP contribution >= 0.6 is 0 Å². The summed E-state index contributed by atoms with van der Waals surface area (Å²) in [5.74, 6) is -0.225. The number of carbonyl (C=O) groups excluding carboxylic acids is 1. The van der Waals surface area contributed by atoms with Crippen molar-refractivity contribution in [2.45, 2.75) is 50.8 Å². The molecule has 0 aromatic heterocycles. The molecule has 0 bridgehead atoms. The Morgan fingerprint density at radius 1 is 1.39 bits per heavy atom. The maximum Gasteiger partial charge on any atom is 0.325 e. The topological polar surface area (TPSA) is 56.8 Å². The molecule has 0 amide bonds. The lowest BCUT2D eigenvalue weighted by Crippen LogP contribution is -2.53. The van der Waals surface area contributed by atoms with E-state index in [-0.39, 0.29) is 12.1 Å². The van der Waals surface area contributed by atoms with Crippen molar-refractivity contribution in [3.63, 3.8) is 0 Å². The molecule has 0 spiro atoms. The third-order valence-electron chi connectivity index (χ3n) is 3.12. The molecule has 1 aliphatic carbocycles. The molecule has 0 heterocycles. The molecule has 106 valence electrons. The van der Waals surface area contributed by atoms with Gasteiger partial charge in [0.15, 0.2) is 0 Å². The molecule has 1 aliphatic rings. The number of methoxy groups -OCH3 is 2. The minimum Gasteiger partial charge on any atom is -0.468 e. The van der Waals surface area contributed by atoms with E-state index in [4.69, 9.17) is 14.2 Å². The summed E-state index contributed by atoms with van der Waals surface area (Å²) in [7, 11) is 3.06. The van der Waals surface area contributed by atoms with Crippen LogP contribution in [-0.4, -0.2) is 51.1 Å². The molecule has 0 aliphatic heterocycles. The van der Waals surface area contributed by atoms with Gasteiger partial charge >= 0.3 is 5.97 Å². The summed E-state index contributed by atoms with van der Waals surface area (Å²) in [5, 5.41) is 3.35. The molecule has 1 saturated carbocycles. The number of hydrogen-bond donors (Lipinski definition) is 1. The molecule has 5 nitrogen and oxygen atoms in total. The fourth-order valence-electron chi connectivity index (χ4n) is 2.07. The second-order valence-electron chi connectivity index (χ2n) is 5.12. The molecule has 0 aromatic carbocycles. The van der Waals surface area contributed by atoms with Crippen LogP contribution in [0.15, 0.2) is 0 Å². The highest BCUT2D eigenvalue weighted by molar-refractivity contribution is 5.80. The maximum atomic E-state index is 11.9. The first-order valence-corrected chi connectivity index (χ1v) is 6.48. The first-order chi connectivity index (χ1) is 8.51. The van der Waals surface area contributed by atoms with Crippen molar-refractivity contribution in [1.82, 2.24) is 5.32 Å². The van der Waals surface area contributed by atoms with Crippen molar-refractivity contribution in [1.29, 1.82) is 0 Å². The second-order valence-corrected chi connectivity index (χ2v) is 5.12. The van der Waals surface area contributed by atoms with Crippen molar-refractivity contribution in [3.8, 4) is 0 Å². The zero-order valence-corrected chi connectivity index (χ0v) is 11.8. The lowest BCUT2D eigenvalue weighted by atomic mass is 9.94. The van der Waals surface area contributed by atoms with Crippen LogP contribution < -0.4 is 5.32 Å². The van der Waals surface area contributed by atoms with E-state index in [0.717, 1.165) is 12.8 Å². The van der Waals surface area contributed by atoms with E-state index in [0.29, 0.717) is 25.7 Å². The number of ether oxygens (including phenoxy) is 3. The standard InChI is InChI=1S/C13H25NO4/c1-10(18-8-7-16-3)9-13(2,12(15)17-4)14-11-5-6-11/h10-11,14H,5-9H2,1-4H3. The van der Waals surface area contributed by atoms with Gasteiger partial charge in [0, 0.05) is 19.6 Å². The molecule has 1 fully saturated rings. The van der Waals surface area contributed by atoms with E-state index in [9.17, 15) is 4.79 Å². The fourth-order valence-corrected chi connectivity index (χ4v) is 2.07. The Kier molecular flexibility index (Phi) is 6.05. The van der Waals surface area contributed by atoms with Crippen LogP contribution in [0, 0.1) is 0 Å². The Balaban J connectivity index is 2.46. The van der Waals surface area contributed by atoms with E-state index in [1.807, 2.05) is 13.8 Å². The summed E-state index contributed by atoms with van der Waals surface area (Å²) in [5.41, 5.74) is -0.664. The van der Waals surface area contributed by atoms with Gasteiger partial charge in [0.1, 0.15) is 5.54 Å². The minimum atomic E-state index is -0.664. The van der Waals surface area contributed by atoms with Gasteiger partial charge in [-0.15, -0.1) is 0 Å². The highest BCUT2D eigenvalue weighted by Crippen LogP contribution is 2.26. The van der Waals surface area contributed by atoms with E-state index >= 15 is 0 Å². The third-order valence-corrected chi connectivity index (χ3v) is 3.12. The first-order valence-electron chi connectivity index (χ1n) is 6.48. The van der Waals surface area contributed by atoms with Crippen LogP contribution in [0.1, 0.15) is 33.1 Å². The normalized spacial score (nSPS) is 20.2. The molecule has 2 atom stereocenters. The summed E-state index contributed by atoms with van der Waals surface area (Å²) >= 11 is 0. The summed E-state index contributed by atoms with van der Waals surface area (Å²) in [6.07, 6.45) is 2.84. The van der Waals surface area contributed by atoms with Gasteiger partial charge in [-0.3, -0.25) is 10.1 Å². The molecule has 0 radical (unpaired) electrons. The van der Waals surface area contributed by atoms with Crippen LogP contribution in [0.25, 0.3) is 0 Å². The van der Waals surface area contributed by atoms with E-state index in [1.165, 1.54) is 7.11 Å². The van der Waals surface area contributed by atoms with Gasteiger partial charge in [0.2, 0.25) is 0 Å². The van der Waals surface area contributed by atoms with Crippen LogP contribution in [-0.2, 0) is 19.0 Å². The minimum absolute atomic E-state index is 0.0181. The zero-order chi connectivity index (χ0) is 13.6. The molecule has 5 heteroatoms. The molecular weight excluding hydrogens is 234 g/mol. The van der Waals surface area contributed by atoms with Gasteiger partial charge in [-0.05, 0) is 26.7 Å². The Morgan fingerprint density at radius 2 is 2.06 bits per heavy atom. The Morgan fingerprint density at radius 3 is 2.56 bits per heavy atom. The largest absolute Gasteiger partial charge is 0.468 e. The first kappa shape index (κ1) is 15.4. The van der Waals surface area contributed by atoms with E-state index in [2.05, 4.69) is 5.32 Å². The quantitative estimate of drug-likeness (QED) is 0.496. The summed E-state index contributed by atoms with van der Waals surface area (Å²) in [6.45, 7) is 4.95. The number of rotatable bonds is 9. The van der Waals surface area contributed by atoms with Crippen molar-refractivity contribution < 1.29 is 19.0 Å². The van der Waals surface area contributed by atoms with Gasteiger partial charge in [0.25, 0.3) is 0 Å². The maximum absolute atomic E-state index is 11.9. The van der Waals surface area contributed by atoms with Crippen LogP contribution in [0.3, 0.4) is 0 Å². The van der Waals surface area contributed by atoms with Crippen molar-refractivity contribution in [3.05, 3.63) is 0 Å². The smallest absolute Gasteiger partial charge is 0.325 e. The lowest BCUT2D eigenvalue weighted by molar-refractivity contribution is -0.149. The van der Waals surface area contributed by atoms with Crippen molar-refractivity contribution in [2.75, 3.05) is 27.4 Å². The van der Waals surface area contributed by atoms with Gasteiger partial charge < -0.3 is 14.2 Å². The number of esters is 1. The molecule has 2 unspecified atom stereocenters. The summed E-state index contributed by atoms with van der Waals surface area (Å²) in [6, 6.07) is 0.445. The molecule has 1 N–H and O–H groups in total. The highest BCUT2D eigenvalue weighted by Gasteiger charge is 2.40. The molecule has 0 saturated heterocycles. The predicted molar refractivity (Wildman–Crippen MR) is 68.5 cm³/mol. The van der Waals surface area contributed by atoms with E-state index in [1.54, 1.807) is 7.11 Å². The number of carbonyl (C=O) groups is 1. The summed E-state index contributed by atoms with van der Waals surface area (Å²) < 4.78 is 15.4. The van der Waals surface area contributed by atoms with Crippen molar-refractivity contribution in [2.24, 2.45) is 0 Å². The third kappa shape index (κ3) is 4.92. The van der Waals surface area contributed by atoms with Gasteiger partial charge in [-0.2, -0.15) is 0 Å². The summed E-state index contributed by atoms with van der Waals surface area (Å²) in [4.78, 5) is 11.9. The van der Waals surface area contributed by atoms with E-state index < -0.39 is 5.54 Å². The monoisotopic (exact) mass is 259 g/mol. The Bertz CT molecular complexity index is 268.